The Hall–Kier alpha value is -4.14. The minimum absolute atomic E-state index is 0.182. The maximum absolute atomic E-state index is 12.5. The van der Waals surface area contributed by atoms with Crippen LogP contribution in [0.4, 0.5) is 11.4 Å². The minimum Gasteiger partial charge on any atom is -0.872 e. The summed E-state index contributed by atoms with van der Waals surface area (Å²) in [5.41, 5.74) is 2.54. The zero-order valence-corrected chi connectivity index (χ0v) is 22.5. The summed E-state index contributed by atoms with van der Waals surface area (Å²) >= 11 is 12.2. The Bertz CT molecular complexity index is 1320. The third kappa shape index (κ3) is 7.00. The molecule has 0 fully saturated rings. The van der Waals surface area contributed by atoms with E-state index in [9.17, 15) is 19.8 Å². The van der Waals surface area contributed by atoms with Crippen molar-refractivity contribution in [2.24, 2.45) is 0 Å². The number of ether oxygens (including phenoxy) is 2. The molecule has 0 radical (unpaired) electrons. The van der Waals surface area contributed by atoms with Crippen LogP contribution >= 0.6 is 23.2 Å². The van der Waals surface area contributed by atoms with Crippen molar-refractivity contribution >= 4 is 57.9 Å². The number of nitrogens with one attached hydrogen (secondary N) is 2. The lowest BCUT2D eigenvalue weighted by atomic mass is 10.1. The van der Waals surface area contributed by atoms with Gasteiger partial charge in [0.25, 0.3) is 0 Å². The molecule has 38 heavy (non-hydrogen) atoms. The average molecular weight is 555 g/mol. The lowest BCUT2D eigenvalue weighted by Gasteiger charge is -2.17. The van der Waals surface area contributed by atoms with Crippen molar-refractivity contribution in [3.8, 4) is 11.5 Å². The van der Waals surface area contributed by atoms with Crippen LogP contribution in [0, 0.1) is 13.8 Å². The molecule has 0 aromatic heterocycles. The molecule has 0 saturated heterocycles. The molecule has 2 N–H and O–H groups in total. The quantitative estimate of drug-likeness (QED) is 0.316. The smallest absolute Gasteiger partial charge is 0.247 e. The van der Waals surface area contributed by atoms with Gasteiger partial charge in [0.1, 0.15) is 11.5 Å². The van der Waals surface area contributed by atoms with Crippen LogP contribution in [0.1, 0.15) is 22.3 Å². The van der Waals surface area contributed by atoms with Gasteiger partial charge in [-0.1, -0.05) is 59.0 Å². The van der Waals surface area contributed by atoms with Gasteiger partial charge in [-0.15, -0.1) is 0 Å². The van der Waals surface area contributed by atoms with Crippen LogP contribution in [0.2, 0.25) is 10.0 Å². The molecule has 0 saturated carbocycles. The lowest BCUT2D eigenvalue weighted by molar-refractivity contribution is -0.245. The molecule has 198 valence electrons. The van der Waals surface area contributed by atoms with Gasteiger partial charge in [-0.2, -0.15) is 0 Å². The van der Waals surface area contributed by atoms with Crippen LogP contribution in [0.15, 0.2) is 60.7 Å². The monoisotopic (exact) mass is 554 g/mol. The van der Waals surface area contributed by atoms with Crippen molar-refractivity contribution in [3.05, 3.63) is 93.0 Å². The Morgan fingerprint density at radius 2 is 1.05 bits per heavy atom. The van der Waals surface area contributed by atoms with E-state index in [-0.39, 0.29) is 11.1 Å². The summed E-state index contributed by atoms with van der Waals surface area (Å²) in [5.74, 6) is -1.76. The van der Waals surface area contributed by atoms with E-state index in [0.29, 0.717) is 32.9 Å². The predicted molar refractivity (Wildman–Crippen MR) is 145 cm³/mol. The van der Waals surface area contributed by atoms with Crippen molar-refractivity contribution < 1.29 is 29.3 Å². The number of hydrogen-bond acceptors (Lipinski definition) is 6. The number of carbonyl (C=O) groups excluding carboxylic acids is 2. The van der Waals surface area contributed by atoms with Crippen molar-refractivity contribution in [1.82, 2.24) is 0 Å². The highest BCUT2D eigenvalue weighted by atomic mass is 35.5. The minimum atomic E-state index is -0.659. The first-order valence-corrected chi connectivity index (χ1v) is 12.0. The number of halogens is 2. The first kappa shape index (κ1) is 28.4. The van der Waals surface area contributed by atoms with Gasteiger partial charge in [0.2, 0.25) is 11.8 Å². The van der Waals surface area contributed by atoms with Crippen molar-refractivity contribution in [3.63, 3.8) is 0 Å². The molecule has 2 amide bonds. The van der Waals surface area contributed by atoms with Gasteiger partial charge < -0.3 is 30.3 Å². The Morgan fingerprint density at radius 1 is 0.711 bits per heavy atom. The molecule has 0 atom stereocenters. The van der Waals surface area contributed by atoms with Crippen LogP contribution in [0.3, 0.4) is 0 Å². The summed E-state index contributed by atoms with van der Waals surface area (Å²) in [6.45, 7) is 3.54. The van der Waals surface area contributed by atoms with E-state index in [4.69, 9.17) is 32.7 Å². The van der Waals surface area contributed by atoms with E-state index in [1.807, 2.05) is 0 Å². The highest BCUT2D eigenvalue weighted by Crippen LogP contribution is 2.32. The Balaban J connectivity index is 1.71. The van der Waals surface area contributed by atoms with E-state index in [2.05, 4.69) is 10.6 Å². The van der Waals surface area contributed by atoms with Gasteiger partial charge in [-0.05, 0) is 60.4 Å². The number of hydrogen-bond donors (Lipinski definition) is 2. The highest BCUT2D eigenvalue weighted by Gasteiger charge is 2.11. The van der Waals surface area contributed by atoms with Gasteiger partial charge in [-0.25, -0.2) is 0 Å². The standard InChI is InChI=1S/C28H26Cl2N2O6/c1-15-9-21(25(37-3)11-19(15)29)31-27(35)13-23(33)17-5-7-18(8-6-17)24(34)14-28(36)32-22-10-16(2)20(30)12-26(22)38-4/h5-14,33-34H,1-4H3,(H,31,35)(H,32,36)/p-2/b23-13-,24-14-. The third-order valence-corrected chi connectivity index (χ3v) is 6.27. The second kappa shape index (κ2) is 12.4. The SMILES string of the molecule is COc1cc(Cl)c(C)cc1NC(=O)/C=C(\[O-])c1ccc(/C([O-])=C/C(=O)Nc2cc(C)c(Cl)cc2OC)cc1. The largest absolute Gasteiger partial charge is 0.872 e. The van der Waals surface area contributed by atoms with Crippen LogP contribution in [-0.4, -0.2) is 26.0 Å². The van der Waals surface area contributed by atoms with Crippen molar-refractivity contribution in [2.75, 3.05) is 24.9 Å². The zero-order valence-electron chi connectivity index (χ0n) is 21.0. The van der Waals surface area contributed by atoms with Gasteiger partial charge in [0.15, 0.2) is 0 Å². The molecular formula is C28H24Cl2N2O6-2. The summed E-state index contributed by atoms with van der Waals surface area (Å²) in [7, 11) is 2.87. The van der Waals surface area contributed by atoms with Gasteiger partial charge in [0, 0.05) is 22.2 Å². The van der Waals surface area contributed by atoms with Crippen LogP contribution in [0.5, 0.6) is 11.5 Å². The molecule has 3 rings (SSSR count). The number of amides is 2. The molecule has 0 aliphatic carbocycles. The number of methoxy groups -OCH3 is 2. The predicted octanol–water partition coefficient (Wildman–Crippen LogP) is 4.31. The fourth-order valence-corrected chi connectivity index (χ4v) is 3.71. The fourth-order valence-electron chi connectivity index (χ4n) is 3.40. The van der Waals surface area contributed by atoms with Crippen LogP contribution in [0.25, 0.3) is 11.5 Å². The van der Waals surface area contributed by atoms with Gasteiger partial charge in [0.05, 0.1) is 25.6 Å². The molecule has 3 aromatic rings. The second-order valence-corrected chi connectivity index (χ2v) is 8.99. The van der Waals surface area contributed by atoms with E-state index in [1.54, 1.807) is 38.1 Å². The molecular weight excluding hydrogens is 531 g/mol. The Morgan fingerprint density at radius 3 is 1.37 bits per heavy atom. The average Bonchev–Trinajstić information content (AvgIpc) is 2.87. The molecule has 10 heteroatoms. The van der Waals surface area contributed by atoms with E-state index in [0.717, 1.165) is 23.3 Å². The number of rotatable bonds is 8. The molecule has 0 heterocycles. The third-order valence-electron chi connectivity index (χ3n) is 5.46. The Labute approximate surface area is 230 Å². The molecule has 0 unspecified atom stereocenters. The summed E-state index contributed by atoms with van der Waals surface area (Å²) in [6, 6.07) is 12.0. The number of anilines is 2. The molecule has 0 aliphatic heterocycles. The van der Waals surface area contributed by atoms with Crippen LogP contribution < -0.4 is 30.3 Å². The fraction of sp³-hybridized carbons (Fsp3) is 0.143. The molecule has 8 nitrogen and oxygen atoms in total. The molecule has 0 spiro atoms. The summed E-state index contributed by atoms with van der Waals surface area (Å²) in [5, 5.41) is 31.2. The lowest BCUT2D eigenvalue weighted by Crippen LogP contribution is -2.14. The van der Waals surface area contributed by atoms with Crippen LogP contribution in [-0.2, 0) is 9.59 Å². The first-order valence-electron chi connectivity index (χ1n) is 11.2. The summed E-state index contributed by atoms with van der Waals surface area (Å²) in [4.78, 5) is 24.8. The maximum atomic E-state index is 12.5. The second-order valence-electron chi connectivity index (χ2n) is 8.18. The number of carbonyl (C=O) groups is 2. The molecule has 0 bridgehead atoms. The summed E-state index contributed by atoms with van der Waals surface area (Å²) < 4.78 is 10.4. The maximum Gasteiger partial charge on any atom is 0.247 e. The topological polar surface area (TPSA) is 123 Å². The van der Waals surface area contributed by atoms with Crippen molar-refractivity contribution in [1.29, 1.82) is 0 Å². The normalized spacial score (nSPS) is 11.6. The highest BCUT2D eigenvalue weighted by molar-refractivity contribution is 6.32. The first-order chi connectivity index (χ1) is 18.0. The van der Waals surface area contributed by atoms with Gasteiger partial charge >= 0.3 is 0 Å². The number of aryl methyl sites for hydroxylation is 2. The summed E-state index contributed by atoms with van der Waals surface area (Å²) in [6.07, 6.45) is 1.78. The van der Waals surface area contributed by atoms with E-state index < -0.39 is 23.3 Å². The Kier molecular flexibility index (Phi) is 9.28. The zero-order chi connectivity index (χ0) is 28.0. The van der Waals surface area contributed by atoms with Crippen molar-refractivity contribution in [2.45, 2.75) is 13.8 Å². The van der Waals surface area contributed by atoms with E-state index in [1.165, 1.54) is 38.5 Å². The number of benzene rings is 3. The molecule has 3 aromatic carbocycles. The van der Waals surface area contributed by atoms with Gasteiger partial charge in [-0.3, -0.25) is 9.59 Å². The van der Waals surface area contributed by atoms with E-state index >= 15 is 0 Å². The molecule has 0 aliphatic rings.